The van der Waals surface area contributed by atoms with Crippen molar-refractivity contribution in [1.82, 2.24) is 0 Å². The Morgan fingerprint density at radius 1 is 0.696 bits per heavy atom. The first kappa shape index (κ1) is 18.9. The second-order valence-electron chi connectivity index (χ2n) is 3.89. The summed E-state index contributed by atoms with van der Waals surface area (Å²) in [5.74, 6) is -13.5. The average molecular weight is 363 g/mol. The Balaban J connectivity index is 4.04. The maximum Gasteiger partial charge on any atom is 0.436 e. The predicted molar refractivity (Wildman–Crippen MR) is 47.8 cm³/mol. The second-order valence-corrected chi connectivity index (χ2v) is 3.89. The molecule has 0 heterocycles. The first-order chi connectivity index (χ1) is 10.1. The Hall–Kier alpha value is -2.15. The molecule has 0 amide bonds. The molecular formula is C9F11NO2. The summed E-state index contributed by atoms with van der Waals surface area (Å²) in [6.45, 7) is 0. The van der Waals surface area contributed by atoms with E-state index in [1.165, 1.54) is 0 Å². The zero-order chi connectivity index (χ0) is 18.5. The van der Waals surface area contributed by atoms with E-state index in [1.54, 1.807) is 0 Å². The summed E-state index contributed by atoms with van der Waals surface area (Å²) in [5.41, 5.74) is -13.3. The molecule has 0 atom stereocenters. The number of hydrogen-bond acceptors (Lipinski definition) is 2. The molecular weight excluding hydrogens is 363 g/mol. The number of alkyl halides is 7. The Labute approximate surface area is 117 Å². The van der Waals surface area contributed by atoms with Gasteiger partial charge in [0.25, 0.3) is 0 Å². The Morgan fingerprint density at radius 2 is 1.00 bits per heavy atom. The molecule has 0 saturated carbocycles. The molecule has 0 N–H and O–H groups in total. The van der Waals surface area contributed by atoms with Crippen LogP contribution in [0.15, 0.2) is 0 Å². The molecule has 0 saturated heterocycles. The third-order valence-electron chi connectivity index (χ3n) is 2.55. The van der Waals surface area contributed by atoms with Gasteiger partial charge in [-0.3, -0.25) is 10.1 Å². The molecule has 0 aromatic heterocycles. The van der Waals surface area contributed by atoms with Crippen molar-refractivity contribution < 1.29 is 53.2 Å². The average Bonchev–Trinajstić information content (AvgIpc) is 2.33. The lowest BCUT2D eigenvalue weighted by Gasteiger charge is -2.30. The van der Waals surface area contributed by atoms with Crippen molar-refractivity contribution in [2.75, 3.05) is 0 Å². The standard InChI is InChI=1S/C9F11NO2/c10-2-1(7(14,8(15,16)17)9(18,19)20)3(11)5(13)6(4(2)12)21(22)23. The van der Waals surface area contributed by atoms with Crippen LogP contribution >= 0.6 is 0 Å². The molecule has 0 bridgehead atoms. The monoisotopic (exact) mass is 363 g/mol. The fraction of sp³-hybridized carbons (Fsp3) is 0.333. The summed E-state index contributed by atoms with van der Waals surface area (Å²) >= 11 is 0. The summed E-state index contributed by atoms with van der Waals surface area (Å²) in [7, 11) is 0. The summed E-state index contributed by atoms with van der Waals surface area (Å²) < 4.78 is 141. The molecule has 0 fully saturated rings. The van der Waals surface area contributed by atoms with Crippen molar-refractivity contribution >= 4 is 5.69 Å². The van der Waals surface area contributed by atoms with Crippen molar-refractivity contribution in [3.05, 3.63) is 38.9 Å². The lowest BCUT2D eigenvalue weighted by Crippen LogP contribution is -2.51. The van der Waals surface area contributed by atoms with Crippen LogP contribution in [0.4, 0.5) is 54.0 Å². The summed E-state index contributed by atoms with van der Waals surface area (Å²) in [6.07, 6.45) is -14.2. The maximum atomic E-state index is 13.5. The van der Waals surface area contributed by atoms with Crippen LogP contribution in [0.5, 0.6) is 0 Å². The SMILES string of the molecule is O=[N+]([O-])c1c(F)c(F)c(C(F)(C(F)(F)F)C(F)(F)F)c(F)c1F. The normalized spacial score (nSPS) is 13.3. The largest absolute Gasteiger partial charge is 0.436 e. The van der Waals surface area contributed by atoms with Gasteiger partial charge in [-0.05, 0) is 0 Å². The topological polar surface area (TPSA) is 43.1 Å². The molecule has 23 heavy (non-hydrogen) atoms. The van der Waals surface area contributed by atoms with E-state index in [-0.39, 0.29) is 0 Å². The van der Waals surface area contributed by atoms with Crippen LogP contribution in [-0.4, -0.2) is 17.3 Å². The van der Waals surface area contributed by atoms with E-state index in [0.29, 0.717) is 0 Å². The highest BCUT2D eigenvalue weighted by molar-refractivity contribution is 5.43. The molecule has 0 unspecified atom stereocenters. The zero-order valence-corrected chi connectivity index (χ0v) is 9.92. The van der Waals surface area contributed by atoms with E-state index >= 15 is 0 Å². The van der Waals surface area contributed by atoms with Crippen molar-refractivity contribution in [2.24, 2.45) is 0 Å². The summed E-state index contributed by atoms with van der Waals surface area (Å²) in [6, 6.07) is 0. The highest BCUT2D eigenvalue weighted by Gasteiger charge is 2.76. The molecule has 0 aliphatic rings. The van der Waals surface area contributed by atoms with Crippen molar-refractivity contribution in [2.45, 2.75) is 18.0 Å². The lowest BCUT2D eigenvalue weighted by atomic mass is 9.92. The van der Waals surface area contributed by atoms with E-state index < -0.39 is 57.5 Å². The molecule has 130 valence electrons. The van der Waals surface area contributed by atoms with Crippen LogP contribution in [0.25, 0.3) is 0 Å². The van der Waals surface area contributed by atoms with Gasteiger partial charge in [-0.1, -0.05) is 0 Å². The minimum absolute atomic E-state index is 2.15. The van der Waals surface area contributed by atoms with E-state index in [1.807, 2.05) is 0 Å². The second kappa shape index (κ2) is 5.19. The lowest BCUT2D eigenvalue weighted by molar-refractivity contribution is -0.391. The van der Waals surface area contributed by atoms with Gasteiger partial charge in [-0.15, -0.1) is 0 Å². The molecule has 0 spiro atoms. The van der Waals surface area contributed by atoms with Crippen LogP contribution in [-0.2, 0) is 5.67 Å². The Kier molecular flexibility index (Phi) is 4.27. The fourth-order valence-corrected chi connectivity index (χ4v) is 1.53. The van der Waals surface area contributed by atoms with Crippen LogP contribution in [0.3, 0.4) is 0 Å². The molecule has 1 rings (SSSR count). The Bertz CT molecular complexity index is 620. The van der Waals surface area contributed by atoms with Crippen molar-refractivity contribution in [3.8, 4) is 0 Å². The van der Waals surface area contributed by atoms with Gasteiger partial charge in [0.2, 0.25) is 11.6 Å². The minimum atomic E-state index is -7.08. The van der Waals surface area contributed by atoms with Crippen LogP contribution in [0.1, 0.15) is 5.56 Å². The van der Waals surface area contributed by atoms with Gasteiger partial charge in [0.15, 0.2) is 11.6 Å². The fourth-order valence-electron chi connectivity index (χ4n) is 1.53. The van der Waals surface area contributed by atoms with Crippen LogP contribution in [0, 0.1) is 33.4 Å². The first-order valence-electron chi connectivity index (χ1n) is 4.92. The minimum Gasteiger partial charge on any atom is -0.258 e. The van der Waals surface area contributed by atoms with Gasteiger partial charge in [-0.2, -0.15) is 35.1 Å². The summed E-state index contributed by atoms with van der Waals surface area (Å²) in [4.78, 5) is 8.00. The molecule has 0 aliphatic carbocycles. The number of benzene rings is 1. The van der Waals surface area contributed by atoms with Crippen molar-refractivity contribution in [1.29, 1.82) is 0 Å². The zero-order valence-electron chi connectivity index (χ0n) is 9.92. The number of halogens is 11. The van der Waals surface area contributed by atoms with E-state index in [4.69, 9.17) is 0 Å². The highest BCUT2D eigenvalue weighted by Crippen LogP contribution is 2.55. The van der Waals surface area contributed by atoms with Crippen LogP contribution in [0.2, 0.25) is 0 Å². The molecule has 1 aromatic carbocycles. The van der Waals surface area contributed by atoms with E-state index in [0.717, 1.165) is 0 Å². The highest BCUT2D eigenvalue weighted by atomic mass is 19.4. The molecule has 0 radical (unpaired) electrons. The smallest absolute Gasteiger partial charge is 0.258 e. The van der Waals surface area contributed by atoms with Gasteiger partial charge in [-0.25, -0.2) is 13.2 Å². The van der Waals surface area contributed by atoms with Gasteiger partial charge in [0.1, 0.15) is 0 Å². The van der Waals surface area contributed by atoms with Crippen molar-refractivity contribution in [3.63, 3.8) is 0 Å². The van der Waals surface area contributed by atoms with E-state index in [2.05, 4.69) is 0 Å². The quantitative estimate of drug-likeness (QED) is 0.338. The predicted octanol–water partition coefficient (Wildman–Crippen LogP) is 4.44. The van der Waals surface area contributed by atoms with Gasteiger partial charge < -0.3 is 0 Å². The number of nitrogens with zero attached hydrogens (tertiary/aromatic N) is 1. The van der Waals surface area contributed by atoms with Gasteiger partial charge in [0, 0.05) is 0 Å². The third kappa shape index (κ3) is 2.55. The third-order valence-corrected chi connectivity index (χ3v) is 2.55. The number of nitro groups is 1. The first-order valence-corrected chi connectivity index (χ1v) is 4.92. The number of nitro benzene ring substituents is 1. The molecule has 0 aliphatic heterocycles. The van der Waals surface area contributed by atoms with E-state index in [9.17, 15) is 58.4 Å². The van der Waals surface area contributed by atoms with Crippen LogP contribution < -0.4 is 0 Å². The molecule has 3 nitrogen and oxygen atoms in total. The maximum absolute atomic E-state index is 13.5. The number of hydrogen-bond donors (Lipinski definition) is 0. The summed E-state index contributed by atoms with van der Waals surface area (Å²) in [5, 5.41) is 10.2. The molecule has 14 heteroatoms. The van der Waals surface area contributed by atoms with Gasteiger partial charge in [0.05, 0.1) is 10.5 Å². The molecule has 1 aromatic rings. The van der Waals surface area contributed by atoms with Gasteiger partial charge >= 0.3 is 23.7 Å². The Morgan fingerprint density at radius 3 is 1.22 bits per heavy atom. The number of rotatable bonds is 2.